The molecular formula is C21H31B2NO4. The van der Waals surface area contributed by atoms with Gasteiger partial charge in [0, 0.05) is 17.2 Å². The number of benzene rings is 1. The zero-order valence-corrected chi connectivity index (χ0v) is 18.3. The Kier molecular flexibility index (Phi) is 4.37. The number of H-pyrrole nitrogens is 1. The SMILES string of the molecule is CCC1(C)OB(c2ccc(B3OC(C)(C)C(C)(C)O3)c3[nH]ccc23)OC1(C)C. The van der Waals surface area contributed by atoms with Gasteiger partial charge in [-0.2, -0.15) is 0 Å². The first-order valence-electron chi connectivity index (χ1n) is 10.2. The molecule has 1 atom stereocenters. The molecule has 1 unspecified atom stereocenters. The lowest BCUT2D eigenvalue weighted by Crippen LogP contribution is -2.44. The van der Waals surface area contributed by atoms with Crippen molar-refractivity contribution in [3.8, 4) is 0 Å². The molecule has 0 spiro atoms. The molecule has 0 bridgehead atoms. The molecule has 1 aromatic carbocycles. The topological polar surface area (TPSA) is 52.7 Å². The van der Waals surface area contributed by atoms with Crippen LogP contribution < -0.4 is 10.9 Å². The molecule has 5 nitrogen and oxygen atoms in total. The van der Waals surface area contributed by atoms with Crippen molar-refractivity contribution in [3.63, 3.8) is 0 Å². The Balaban J connectivity index is 1.72. The number of rotatable bonds is 3. The van der Waals surface area contributed by atoms with E-state index >= 15 is 0 Å². The van der Waals surface area contributed by atoms with Gasteiger partial charge in [0.15, 0.2) is 0 Å². The van der Waals surface area contributed by atoms with Crippen molar-refractivity contribution in [3.05, 3.63) is 24.4 Å². The molecule has 7 heteroatoms. The highest BCUT2D eigenvalue weighted by Gasteiger charge is 2.55. The predicted octanol–water partition coefficient (Wildman–Crippen LogP) is 3.16. The standard InChI is InChI=1S/C21H31B2NO4/c1-9-21(8)20(6,7)27-22(28-21)15-10-11-16(17-14(15)12-13-24-17)23-25-18(2,3)19(4,5)26-23/h10-13,24H,9H2,1-8H3. The zero-order valence-electron chi connectivity index (χ0n) is 18.3. The fourth-order valence-electron chi connectivity index (χ4n) is 4.00. The van der Waals surface area contributed by atoms with E-state index in [1.54, 1.807) is 0 Å². The van der Waals surface area contributed by atoms with E-state index in [4.69, 9.17) is 18.6 Å². The van der Waals surface area contributed by atoms with E-state index in [0.29, 0.717) is 0 Å². The zero-order chi connectivity index (χ0) is 20.5. The second kappa shape index (κ2) is 6.11. The summed E-state index contributed by atoms with van der Waals surface area (Å²) in [6, 6.07) is 6.22. The maximum absolute atomic E-state index is 6.41. The molecule has 2 saturated heterocycles. The summed E-state index contributed by atoms with van der Waals surface area (Å²) in [7, 11) is -0.812. The molecule has 1 N–H and O–H groups in total. The Morgan fingerprint density at radius 1 is 0.750 bits per heavy atom. The van der Waals surface area contributed by atoms with E-state index in [9.17, 15) is 0 Å². The minimum atomic E-state index is -0.414. The van der Waals surface area contributed by atoms with Crippen LogP contribution in [-0.4, -0.2) is 41.6 Å². The Labute approximate surface area is 168 Å². The summed E-state index contributed by atoms with van der Waals surface area (Å²) in [5.74, 6) is 0. The average Bonchev–Trinajstić information content (AvgIpc) is 3.21. The highest BCUT2D eigenvalue weighted by atomic mass is 16.7. The van der Waals surface area contributed by atoms with E-state index < -0.39 is 14.2 Å². The number of fused-ring (bicyclic) bond motifs is 1. The summed E-state index contributed by atoms with van der Waals surface area (Å²) in [5.41, 5.74) is 1.59. The predicted molar refractivity (Wildman–Crippen MR) is 114 cm³/mol. The van der Waals surface area contributed by atoms with E-state index in [1.165, 1.54) is 0 Å². The first kappa shape index (κ1) is 20.0. The first-order chi connectivity index (χ1) is 12.9. The van der Waals surface area contributed by atoms with Crippen LogP contribution in [-0.2, 0) is 18.6 Å². The number of aromatic nitrogens is 1. The third-order valence-electron chi connectivity index (χ3n) is 7.27. The lowest BCUT2D eigenvalue weighted by Gasteiger charge is -2.35. The minimum absolute atomic E-state index is 0.329. The van der Waals surface area contributed by atoms with Crippen molar-refractivity contribution >= 4 is 36.1 Å². The minimum Gasteiger partial charge on any atom is -0.399 e. The van der Waals surface area contributed by atoms with Gasteiger partial charge in [0.05, 0.1) is 22.4 Å². The van der Waals surface area contributed by atoms with Crippen molar-refractivity contribution in [2.24, 2.45) is 0 Å². The van der Waals surface area contributed by atoms with Crippen LogP contribution in [0.2, 0.25) is 0 Å². The van der Waals surface area contributed by atoms with Gasteiger partial charge < -0.3 is 23.6 Å². The number of hydrogen-bond donors (Lipinski definition) is 1. The van der Waals surface area contributed by atoms with E-state index in [-0.39, 0.29) is 22.4 Å². The molecule has 3 heterocycles. The van der Waals surface area contributed by atoms with Crippen LogP contribution in [0.5, 0.6) is 0 Å². The number of aromatic amines is 1. The fourth-order valence-corrected chi connectivity index (χ4v) is 4.00. The molecule has 1 aromatic heterocycles. The van der Waals surface area contributed by atoms with Gasteiger partial charge in [-0.25, -0.2) is 0 Å². The molecule has 2 aromatic rings. The third-order valence-corrected chi connectivity index (χ3v) is 7.27. The van der Waals surface area contributed by atoms with Gasteiger partial charge in [0.2, 0.25) is 0 Å². The van der Waals surface area contributed by atoms with Gasteiger partial charge in [0.1, 0.15) is 0 Å². The normalized spacial score (nSPS) is 28.4. The van der Waals surface area contributed by atoms with Crippen molar-refractivity contribution in [2.45, 2.75) is 84.2 Å². The molecule has 2 aliphatic rings. The van der Waals surface area contributed by atoms with Crippen molar-refractivity contribution in [2.75, 3.05) is 0 Å². The lowest BCUT2D eigenvalue weighted by molar-refractivity contribution is -0.0118. The van der Waals surface area contributed by atoms with Gasteiger partial charge in [-0.05, 0) is 71.8 Å². The van der Waals surface area contributed by atoms with Crippen LogP contribution in [0.4, 0.5) is 0 Å². The monoisotopic (exact) mass is 383 g/mol. The smallest absolute Gasteiger partial charge is 0.399 e. The molecule has 0 aliphatic carbocycles. The van der Waals surface area contributed by atoms with Crippen LogP contribution in [0.15, 0.2) is 24.4 Å². The molecule has 0 radical (unpaired) electrons. The van der Waals surface area contributed by atoms with Crippen LogP contribution in [0.3, 0.4) is 0 Å². The van der Waals surface area contributed by atoms with Crippen molar-refractivity contribution in [1.29, 1.82) is 0 Å². The molecule has 150 valence electrons. The maximum atomic E-state index is 6.41. The van der Waals surface area contributed by atoms with Crippen molar-refractivity contribution < 1.29 is 18.6 Å². The van der Waals surface area contributed by atoms with Gasteiger partial charge in [-0.1, -0.05) is 19.1 Å². The number of nitrogens with one attached hydrogen (secondary N) is 1. The second-order valence-electron chi connectivity index (χ2n) is 9.76. The molecule has 28 heavy (non-hydrogen) atoms. The Morgan fingerprint density at radius 2 is 1.29 bits per heavy atom. The highest BCUT2D eigenvalue weighted by molar-refractivity contribution is 6.68. The van der Waals surface area contributed by atoms with Crippen LogP contribution >= 0.6 is 0 Å². The van der Waals surface area contributed by atoms with Crippen LogP contribution in [0, 0.1) is 0 Å². The summed E-state index contributed by atoms with van der Waals surface area (Å²) in [6.45, 7) is 16.7. The van der Waals surface area contributed by atoms with E-state index in [1.807, 2.05) is 6.20 Å². The molecule has 2 aliphatic heterocycles. The largest absolute Gasteiger partial charge is 0.496 e. The summed E-state index contributed by atoms with van der Waals surface area (Å²) >= 11 is 0. The molecular weight excluding hydrogens is 352 g/mol. The maximum Gasteiger partial charge on any atom is 0.496 e. The fraction of sp³-hybridized carbons (Fsp3) is 0.619. The van der Waals surface area contributed by atoms with E-state index in [2.05, 4.69) is 78.6 Å². The van der Waals surface area contributed by atoms with Crippen LogP contribution in [0.1, 0.15) is 61.8 Å². The van der Waals surface area contributed by atoms with Gasteiger partial charge in [0.25, 0.3) is 0 Å². The summed E-state index contributed by atoms with van der Waals surface area (Å²) in [4.78, 5) is 3.37. The Morgan fingerprint density at radius 3 is 1.86 bits per heavy atom. The van der Waals surface area contributed by atoms with Crippen LogP contribution in [0.25, 0.3) is 10.9 Å². The van der Waals surface area contributed by atoms with E-state index in [0.717, 1.165) is 28.2 Å². The second-order valence-corrected chi connectivity index (χ2v) is 9.76. The molecule has 4 rings (SSSR count). The molecule has 0 amide bonds. The van der Waals surface area contributed by atoms with Crippen molar-refractivity contribution in [1.82, 2.24) is 4.98 Å². The van der Waals surface area contributed by atoms with Gasteiger partial charge in [-0.3, -0.25) is 0 Å². The van der Waals surface area contributed by atoms with Gasteiger partial charge in [-0.15, -0.1) is 0 Å². The Bertz CT molecular complexity index is 891. The Hall–Kier alpha value is -1.27. The summed E-state index contributed by atoms with van der Waals surface area (Å²) in [6.07, 6.45) is 2.83. The molecule has 2 fully saturated rings. The first-order valence-corrected chi connectivity index (χ1v) is 10.2. The lowest BCUT2D eigenvalue weighted by atomic mass is 9.71. The summed E-state index contributed by atoms with van der Waals surface area (Å²) < 4.78 is 25.3. The molecule has 0 saturated carbocycles. The number of hydrogen-bond acceptors (Lipinski definition) is 4. The average molecular weight is 383 g/mol. The van der Waals surface area contributed by atoms with Gasteiger partial charge >= 0.3 is 14.2 Å². The summed E-state index contributed by atoms with van der Waals surface area (Å²) in [5, 5.41) is 1.08. The highest BCUT2D eigenvalue weighted by Crippen LogP contribution is 2.40. The quantitative estimate of drug-likeness (QED) is 0.828. The third kappa shape index (κ3) is 2.78.